The molecule has 120 valence electrons. The van der Waals surface area contributed by atoms with E-state index in [1.54, 1.807) is 12.1 Å². The van der Waals surface area contributed by atoms with Crippen molar-refractivity contribution in [1.82, 2.24) is 0 Å². The van der Waals surface area contributed by atoms with Crippen molar-refractivity contribution in [1.29, 1.82) is 0 Å². The van der Waals surface area contributed by atoms with Crippen LogP contribution in [0, 0.1) is 11.7 Å². The Hall–Kier alpha value is -1.09. The smallest absolute Gasteiger partial charge is 0.165 e. The minimum absolute atomic E-state index is 0.269. The summed E-state index contributed by atoms with van der Waals surface area (Å²) in [6, 6.07) is 5.22. The van der Waals surface area contributed by atoms with E-state index in [9.17, 15) is 4.39 Å². The Morgan fingerprint density at radius 1 is 1.00 bits per heavy atom. The third-order valence-corrected chi connectivity index (χ3v) is 3.40. The summed E-state index contributed by atoms with van der Waals surface area (Å²) in [5, 5.41) is 0. The topological polar surface area (TPSA) is 18.5 Å². The van der Waals surface area contributed by atoms with Crippen LogP contribution in [0.5, 0.6) is 5.75 Å². The summed E-state index contributed by atoms with van der Waals surface area (Å²) in [5.41, 5.74) is 0.999. The maximum absolute atomic E-state index is 13.8. The Labute approximate surface area is 128 Å². The molecule has 21 heavy (non-hydrogen) atoms. The fraction of sp³-hybridized carbons (Fsp3) is 0.667. The van der Waals surface area contributed by atoms with Gasteiger partial charge in [-0.15, -0.1) is 0 Å². The van der Waals surface area contributed by atoms with Gasteiger partial charge in [0, 0.05) is 13.2 Å². The van der Waals surface area contributed by atoms with Gasteiger partial charge in [-0.25, -0.2) is 4.39 Å². The first-order valence-electron chi connectivity index (χ1n) is 8.00. The van der Waals surface area contributed by atoms with Crippen LogP contribution in [-0.4, -0.2) is 19.8 Å². The van der Waals surface area contributed by atoms with Crippen LogP contribution in [0.3, 0.4) is 0 Å². The van der Waals surface area contributed by atoms with E-state index < -0.39 is 0 Å². The predicted octanol–water partition coefficient (Wildman–Crippen LogP) is 5.17. The second kappa shape index (κ2) is 9.78. The maximum atomic E-state index is 13.8. The highest BCUT2D eigenvalue weighted by Crippen LogP contribution is 2.23. The molecule has 1 aromatic rings. The minimum Gasteiger partial charge on any atom is -0.491 e. The summed E-state index contributed by atoms with van der Waals surface area (Å²) in [6.45, 7) is 10.6. The summed E-state index contributed by atoms with van der Waals surface area (Å²) >= 11 is 0. The zero-order valence-electron chi connectivity index (χ0n) is 13.8. The highest BCUT2D eigenvalue weighted by atomic mass is 19.1. The first-order chi connectivity index (χ1) is 10.0. The van der Waals surface area contributed by atoms with Crippen LogP contribution < -0.4 is 4.74 Å². The lowest BCUT2D eigenvalue weighted by Crippen LogP contribution is -2.04. The van der Waals surface area contributed by atoms with Gasteiger partial charge < -0.3 is 9.47 Å². The zero-order valence-corrected chi connectivity index (χ0v) is 13.8. The van der Waals surface area contributed by atoms with Crippen molar-refractivity contribution >= 4 is 0 Å². The van der Waals surface area contributed by atoms with E-state index in [0.29, 0.717) is 24.2 Å². The molecule has 2 nitrogen and oxygen atoms in total. The molecule has 0 spiro atoms. The van der Waals surface area contributed by atoms with Crippen molar-refractivity contribution in [3.63, 3.8) is 0 Å². The molecule has 0 aromatic heterocycles. The molecule has 0 radical (unpaired) electrons. The van der Waals surface area contributed by atoms with E-state index in [1.807, 2.05) is 6.07 Å². The molecule has 0 heterocycles. The molecule has 0 aliphatic rings. The maximum Gasteiger partial charge on any atom is 0.165 e. The molecule has 3 heteroatoms. The molecule has 1 rings (SSSR count). The van der Waals surface area contributed by atoms with Crippen molar-refractivity contribution in [2.75, 3.05) is 19.8 Å². The van der Waals surface area contributed by atoms with Crippen LogP contribution in [0.25, 0.3) is 0 Å². The van der Waals surface area contributed by atoms with Crippen molar-refractivity contribution in [3.8, 4) is 5.75 Å². The Balaban J connectivity index is 2.15. The van der Waals surface area contributed by atoms with Crippen LogP contribution >= 0.6 is 0 Å². The predicted molar refractivity (Wildman–Crippen MR) is 85.5 cm³/mol. The van der Waals surface area contributed by atoms with E-state index in [1.165, 1.54) is 0 Å². The third-order valence-electron chi connectivity index (χ3n) is 3.40. The fourth-order valence-electron chi connectivity index (χ4n) is 1.90. The molecule has 0 saturated heterocycles. The Morgan fingerprint density at radius 3 is 2.33 bits per heavy atom. The number of unbranched alkanes of at least 4 members (excludes halogenated alkanes) is 1. The van der Waals surface area contributed by atoms with Crippen molar-refractivity contribution in [2.24, 2.45) is 5.92 Å². The average molecular weight is 296 g/mol. The van der Waals surface area contributed by atoms with Gasteiger partial charge in [0.25, 0.3) is 0 Å². The molecular weight excluding hydrogens is 267 g/mol. The Bertz CT molecular complexity index is 402. The van der Waals surface area contributed by atoms with Crippen LogP contribution in [0.4, 0.5) is 4.39 Å². The van der Waals surface area contributed by atoms with Crippen LogP contribution in [0.2, 0.25) is 0 Å². The molecule has 0 fully saturated rings. The van der Waals surface area contributed by atoms with Gasteiger partial charge in [-0.3, -0.25) is 0 Å². The zero-order chi connectivity index (χ0) is 15.7. The summed E-state index contributed by atoms with van der Waals surface area (Å²) in [4.78, 5) is 0. The molecule has 0 atom stereocenters. The van der Waals surface area contributed by atoms with Crippen molar-refractivity contribution in [2.45, 2.75) is 52.9 Å². The summed E-state index contributed by atoms with van der Waals surface area (Å²) in [7, 11) is 0. The summed E-state index contributed by atoms with van der Waals surface area (Å²) in [6.07, 6.45) is 2.93. The molecule has 0 aliphatic carbocycles. The third kappa shape index (κ3) is 7.47. The van der Waals surface area contributed by atoms with Gasteiger partial charge in [-0.05, 0) is 48.8 Å². The van der Waals surface area contributed by atoms with E-state index in [0.717, 1.165) is 38.0 Å². The molecule has 0 saturated carbocycles. The van der Waals surface area contributed by atoms with Crippen LogP contribution in [0.15, 0.2) is 18.2 Å². The number of halogens is 1. The van der Waals surface area contributed by atoms with Gasteiger partial charge in [-0.1, -0.05) is 33.8 Å². The fourth-order valence-corrected chi connectivity index (χ4v) is 1.90. The first kappa shape index (κ1) is 18.0. The molecule has 0 amide bonds. The Morgan fingerprint density at radius 2 is 1.71 bits per heavy atom. The summed E-state index contributed by atoms with van der Waals surface area (Å²) in [5.74, 6) is 1.09. The van der Waals surface area contributed by atoms with Gasteiger partial charge in [-0.2, -0.15) is 0 Å². The molecule has 0 bridgehead atoms. The van der Waals surface area contributed by atoms with Gasteiger partial charge in [0.1, 0.15) is 0 Å². The van der Waals surface area contributed by atoms with Crippen LogP contribution in [0.1, 0.15) is 58.4 Å². The molecule has 0 unspecified atom stereocenters. The largest absolute Gasteiger partial charge is 0.491 e. The lowest BCUT2D eigenvalue weighted by molar-refractivity contribution is 0.116. The molecule has 0 N–H and O–H groups in total. The highest BCUT2D eigenvalue weighted by Gasteiger charge is 2.06. The molecule has 1 aromatic carbocycles. The Kier molecular flexibility index (Phi) is 8.36. The number of rotatable bonds is 10. The quantitative estimate of drug-likeness (QED) is 0.554. The standard InChI is InChI=1S/C18H29FO2/c1-14(2)9-12-20-10-5-6-11-21-18-8-7-16(15(3)4)13-17(18)19/h7-8,13-15H,5-6,9-12H2,1-4H3. The SMILES string of the molecule is CC(C)CCOCCCCOc1ccc(C(C)C)cc1F. The van der Waals surface area contributed by atoms with E-state index in [4.69, 9.17) is 9.47 Å². The first-order valence-corrected chi connectivity index (χ1v) is 8.00. The van der Waals surface area contributed by atoms with E-state index in [2.05, 4.69) is 27.7 Å². The normalized spacial score (nSPS) is 11.4. The number of hydrogen-bond donors (Lipinski definition) is 0. The second-order valence-electron chi connectivity index (χ2n) is 6.20. The van der Waals surface area contributed by atoms with E-state index in [-0.39, 0.29) is 5.82 Å². The number of benzene rings is 1. The van der Waals surface area contributed by atoms with Gasteiger partial charge in [0.15, 0.2) is 11.6 Å². The number of ether oxygens (including phenoxy) is 2. The molecular formula is C18H29FO2. The van der Waals surface area contributed by atoms with Crippen molar-refractivity contribution in [3.05, 3.63) is 29.6 Å². The lowest BCUT2D eigenvalue weighted by atomic mass is 10.0. The van der Waals surface area contributed by atoms with Gasteiger partial charge >= 0.3 is 0 Å². The highest BCUT2D eigenvalue weighted by molar-refractivity contribution is 5.30. The van der Waals surface area contributed by atoms with Gasteiger partial charge in [0.2, 0.25) is 0 Å². The average Bonchev–Trinajstić information content (AvgIpc) is 2.42. The van der Waals surface area contributed by atoms with Crippen LogP contribution in [-0.2, 0) is 4.74 Å². The minimum atomic E-state index is -0.269. The lowest BCUT2D eigenvalue weighted by Gasteiger charge is -2.10. The van der Waals surface area contributed by atoms with Crippen molar-refractivity contribution < 1.29 is 13.9 Å². The number of hydrogen-bond acceptors (Lipinski definition) is 2. The second-order valence-corrected chi connectivity index (χ2v) is 6.20. The summed E-state index contributed by atoms with van der Waals surface area (Å²) < 4.78 is 24.8. The van der Waals surface area contributed by atoms with E-state index >= 15 is 0 Å². The van der Waals surface area contributed by atoms with Gasteiger partial charge in [0.05, 0.1) is 6.61 Å². The monoisotopic (exact) mass is 296 g/mol. The molecule has 0 aliphatic heterocycles.